The molecule has 0 unspecified atom stereocenters. The summed E-state index contributed by atoms with van der Waals surface area (Å²) >= 11 is 0. The van der Waals surface area contributed by atoms with Crippen molar-refractivity contribution in [1.82, 2.24) is 4.90 Å². The van der Waals surface area contributed by atoms with Crippen LogP contribution in [0.15, 0.2) is 64.8 Å². The number of carbonyl (C=O) groups excluding carboxylic acids is 1. The zero-order chi connectivity index (χ0) is 19.6. The maximum atomic E-state index is 12.3. The Morgan fingerprint density at radius 2 is 1.68 bits per heavy atom. The van der Waals surface area contributed by atoms with Gasteiger partial charge in [0.1, 0.15) is 0 Å². The molecule has 0 bridgehead atoms. The predicted molar refractivity (Wildman–Crippen MR) is 111 cm³/mol. The molecule has 1 fully saturated rings. The van der Waals surface area contributed by atoms with Crippen LogP contribution in [0.1, 0.15) is 19.8 Å². The number of nitrogens with one attached hydrogen (secondary N) is 1. The van der Waals surface area contributed by atoms with Gasteiger partial charge >= 0.3 is 0 Å². The smallest absolute Gasteiger partial charge is 0.238 e. The van der Waals surface area contributed by atoms with Gasteiger partial charge < -0.3 is 10.1 Å². The Morgan fingerprint density at radius 1 is 1.04 bits per heavy atom. The van der Waals surface area contributed by atoms with Crippen LogP contribution in [0.3, 0.4) is 0 Å². The predicted octanol–water partition coefficient (Wildman–Crippen LogP) is 4.79. The van der Waals surface area contributed by atoms with Crippen LogP contribution < -0.4 is 5.32 Å². The van der Waals surface area contributed by atoms with Crippen molar-refractivity contribution in [2.45, 2.75) is 19.8 Å². The Balaban J connectivity index is 1.43. The summed E-state index contributed by atoms with van der Waals surface area (Å²) in [6, 6.07) is 17.0. The quantitative estimate of drug-likeness (QED) is 0.670. The summed E-state index contributed by atoms with van der Waals surface area (Å²) in [6.07, 6.45) is 2.18. The molecule has 2 aromatic carbocycles. The van der Waals surface area contributed by atoms with E-state index < -0.39 is 0 Å². The largest absolute Gasteiger partial charge is 0.381 e. The van der Waals surface area contributed by atoms with E-state index in [4.69, 9.17) is 4.74 Å². The van der Waals surface area contributed by atoms with Gasteiger partial charge in [-0.1, -0.05) is 18.2 Å². The summed E-state index contributed by atoms with van der Waals surface area (Å²) in [5.41, 5.74) is 2.33. The second-order valence-electron chi connectivity index (χ2n) is 7.01. The lowest BCUT2D eigenvalue weighted by molar-refractivity contribution is -0.117. The highest BCUT2D eigenvalue weighted by Gasteiger charge is 2.20. The molecule has 28 heavy (non-hydrogen) atoms. The second-order valence-corrected chi connectivity index (χ2v) is 7.01. The first-order valence-electron chi connectivity index (χ1n) is 9.89. The Bertz CT molecular complexity index is 754. The van der Waals surface area contributed by atoms with Crippen molar-refractivity contribution in [3.63, 3.8) is 0 Å². The highest BCUT2D eigenvalue weighted by Crippen LogP contribution is 2.20. The third kappa shape index (κ3) is 6.55. The van der Waals surface area contributed by atoms with Crippen molar-refractivity contribution in [2.75, 3.05) is 38.2 Å². The molecule has 0 aromatic heterocycles. The number of benzene rings is 2. The number of anilines is 1. The van der Waals surface area contributed by atoms with E-state index in [1.807, 2.05) is 61.5 Å². The highest BCUT2D eigenvalue weighted by molar-refractivity contribution is 5.92. The lowest BCUT2D eigenvalue weighted by Crippen LogP contribution is -2.40. The summed E-state index contributed by atoms with van der Waals surface area (Å²) in [5, 5.41) is 11.4. The molecular formula is C22H28N4O2. The van der Waals surface area contributed by atoms with Crippen molar-refractivity contribution in [2.24, 2.45) is 16.1 Å². The van der Waals surface area contributed by atoms with Gasteiger partial charge in [0.15, 0.2) is 0 Å². The molecule has 3 rings (SSSR count). The molecule has 1 heterocycles. The number of azo groups is 1. The molecule has 1 aliphatic rings. The van der Waals surface area contributed by atoms with Gasteiger partial charge in [-0.25, -0.2) is 0 Å². The molecule has 1 N–H and O–H groups in total. The fraction of sp³-hybridized carbons (Fsp3) is 0.409. The van der Waals surface area contributed by atoms with Gasteiger partial charge in [0.25, 0.3) is 0 Å². The minimum absolute atomic E-state index is 0.0157. The van der Waals surface area contributed by atoms with Gasteiger partial charge in [0.2, 0.25) is 5.91 Å². The number of hydrogen-bond donors (Lipinski definition) is 1. The van der Waals surface area contributed by atoms with E-state index in [9.17, 15) is 4.79 Å². The van der Waals surface area contributed by atoms with Crippen LogP contribution in [0, 0.1) is 5.92 Å². The Kier molecular flexibility index (Phi) is 7.70. The van der Waals surface area contributed by atoms with Crippen LogP contribution in [0.5, 0.6) is 0 Å². The van der Waals surface area contributed by atoms with E-state index in [1.54, 1.807) is 0 Å². The summed E-state index contributed by atoms with van der Waals surface area (Å²) in [7, 11) is 0. The summed E-state index contributed by atoms with van der Waals surface area (Å²) in [6.45, 7) is 5.96. The number of ether oxygens (including phenoxy) is 1. The molecule has 1 amide bonds. The molecule has 0 radical (unpaired) electrons. The minimum atomic E-state index is 0.0157. The van der Waals surface area contributed by atoms with Crippen LogP contribution in [-0.4, -0.2) is 43.7 Å². The molecule has 1 aliphatic heterocycles. The molecule has 2 aromatic rings. The third-order valence-corrected chi connectivity index (χ3v) is 4.82. The van der Waals surface area contributed by atoms with E-state index in [-0.39, 0.29) is 5.91 Å². The van der Waals surface area contributed by atoms with Crippen LogP contribution in [-0.2, 0) is 9.53 Å². The Hall–Kier alpha value is -2.57. The summed E-state index contributed by atoms with van der Waals surface area (Å²) < 4.78 is 5.51. The van der Waals surface area contributed by atoms with Gasteiger partial charge in [-0.05, 0) is 75.2 Å². The van der Waals surface area contributed by atoms with Crippen molar-refractivity contribution in [1.29, 1.82) is 0 Å². The average molecular weight is 380 g/mol. The normalized spacial score (nSPS) is 15.8. The topological polar surface area (TPSA) is 66.3 Å². The summed E-state index contributed by atoms with van der Waals surface area (Å²) in [4.78, 5) is 14.5. The zero-order valence-electron chi connectivity index (χ0n) is 16.4. The first-order valence-corrected chi connectivity index (χ1v) is 9.89. The van der Waals surface area contributed by atoms with E-state index >= 15 is 0 Å². The number of likely N-dealkylation sites (tertiary alicyclic amines) is 1. The van der Waals surface area contributed by atoms with E-state index in [0.29, 0.717) is 12.5 Å². The standard InChI is InChI=1S/C22H28N4O2/c1-2-28-17-18-12-14-26(15-13-18)16-22(27)23-19-8-10-21(11-9-19)25-24-20-6-4-3-5-7-20/h3-11,18H,2,12-17H2,1H3,(H,23,27). The number of rotatable bonds is 8. The van der Waals surface area contributed by atoms with Gasteiger partial charge in [-0.15, -0.1) is 0 Å². The fourth-order valence-corrected chi connectivity index (χ4v) is 3.22. The number of piperidine rings is 1. The number of hydrogen-bond acceptors (Lipinski definition) is 5. The lowest BCUT2D eigenvalue weighted by atomic mass is 9.98. The monoisotopic (exact) mass is 380 g/mol. The molecule has 6 nitrogen and oxygen atoms in total. The van der Waals surface area contributed by atoms with E-state index in [0.717, 1.165) is 56.2 Å². The van der Waals surface area contributed by atoms with Crippen LogP contribution in [0.2, 0.25) is 0 Å². The lowest BCUT2D eigenvalue weighted by Gasteiger charge is -2.31. The Morgan fingerprint density at radius 3 is 2.32 bits per heavy atom. The maximum Gasteiger partial charge on any atom is 0.238 e. The maximum absolute atomic E-state index is 12.3. The number of carbonyl (C=O) groups is 1. The SMILES string of the molecule is CCOCC1CCN(CC(=O)Nc2ccc(N=Nc3ccccc3)cc2)CC1. The first-order chi connectivity index (χ1) is 13.7. The van der Waals surface area contributed by atoms with Gasteiger partial charge in [0.05, 0.1) is 17.9 Å². The summed E-state index contributed by atoms with van der Waals surface area (Å²) in [5.74, 6) is 0.638. The number of amides is 1. The van der Waals surface area contributed by atoms with E-state index in [1.165, 1.54) is 0 Å². The minimum Gasteiger partial charge on any atom is -0.381 e. The molecule has 0 spiro atoms. The van der Waals surface area contributed by atoms with Gasteiger partial charge in [0, 0.05) is 18.9 Å². The van der Waals surface area contributed by atoms with Crippen molar-refractivity contribution >= 4 is 23.0 Å². The molecule has 0 aliphatic carbocycles. The average Bonchev–Trinajstić information content (AvgIpc) is 2.73. The molecule has 1 saturated heterocycles. The molecule has 6 heteroatoms. The Labute approximate surface area is 166 Å². The first kappa shape index (κ1) is 20.2. The van der Waals surface area contributed by atoms with Crippen molar-refractivity contribution in [3.8, 4) is 0 Å². The van der Waals surface area contributed by atoms with Crippen molar-refractivity contribution in [3.05, 3.63) is 54.6 Å². The van der Waals surface area contributed by atoms with Crippen LogP contribution in [0.25, 0.3) is 0 Å². The third-order valence-electron chi connectivity index (χ3n) is 4.82. The number of nitrogens with zero attached hydrogens (tertiary/aromatic N) is 3. The zero-order valence-corrected chi connectivity index (χ0v) is 16.4. The molecular weight excluding hydrogens is 352 g/mol. The second kappa shape index (κ2) is 10.7. The van der Waals surface area contributed by atoms with Crippen molar-refractivity contribution < 1.29 is 9.53 Å². The van der Waals surface area contributed by atoms with Gasteiger partial charge in [-0.3, -0.25) is 9.69 Å². The highest BCUT2D eigenvalue weighted by atomic mass is 16.5. The molecule has 0 saturated carbocycles. The van der Waals surface area contributed by atoms with Gasteiger partial charge in [-0.2, -0.15) is 10.2 Å². The van der Waals surface area contributed by atoms with E-state index in [2.05, 4.69) is 20.4 Å². The molecule has 148 valence electrons. The fourth-order valence-electron chi connectivity index (χ4n) is 3.22. The van der Waals surface area contributed by atoms with Crippen LogP contribution >= 0.6 is 0 Å². The van der Waals surface area contributed by atoms with Crippen LogP contribution in [0.4, 0.5) is 17.1 Å². The molecule has 0 atom stereocenters.